The Hall–Kier alpha value is -0.510. The van der Waals surface area contributed by atoms with Crippen molar-refractivity contribution in [2.45, 2.75) is 19.8 Å². The van der Waals surface area contributed by atoms with E-state index in [1.807, 2.05) is 0 Å². The van der Waals surface area contributed by atoms with Crippen LogP contribution in [-0.4, -0.2) is 152 Å². The highest BCUT2D eigenvalue weighted by Crippen LogP contribution is 1.89. The van der Waals surface area contributed by atoms with E-state index in [1.54, 1.807) is 0 Å². The van der Waals surface area contributed by atoms with Crippen molar-refractivity contribution in [1.29, 1.82) is 0 Å². The topological polar surface area (TPSA) is 102 Å². The van der Waals surface area contributed by atoms with Gasteiger partial charge in [-0.3, -0.25) is 0 Å². The largest absolute Gasteiger partial charge is 0.379 e. The molecule has 0 aromatic carbocycles. The van der Waals surface area contributed by atoms with E-state index >= 15 is 0 Å². The Bertz CT molecular complexity index is 375. The monoisotopic (exact) mass is 560 g/mol. The summed E-state index contributed by atoms with van der Waals surface area (Å²) in [5.41, 5.74) is 0. The molecule has 0 atom stereocenters. The minimum atomic E-state index is -0.472. The Morgan fingerprint density at radius 2 is 0.474 bits per heavy atom. The van der Waals surface area contributed by atoms with Crippen molar-refractivity contribution in [3.63, 3.8) is 0 Å². The van der Waals surface area contributed by atoms with E-state index in [0.29, 0.717) is 132 Å². The molecule has 0 aromatic heterocycles. The van der Waals surface area contributed by atoms with Gasteiger partial charge in [-0.1, -0.05) is 13.3 Å². The Kier molecular flexibility index (Phi) is 36.0. The predicted octanol–water partition coefficient (Wildman–Crippen LogP) is 1.94. The number of ether oxygens (including phenoxy) is 11. The summed E-state index contributed by atoms with van der Waals surface area (Å²) in [5.74, 6) is 0. The van der Waals surface area contributed by atoms with Crippen molar-refractivity contribution in [2.75, 3.05) is 152 Å². The molecule has 0 aromatic rings. The molecule has 38 heavy (non-hydrogen) atoms. The number of hydrogen-bond donors (Lipinski definition) is 0. The van der Waals surface area contributed by atoms with Gasteiger partial charge in [-0.2, -0.15) is 0 Å². The van der Waals surface area contributed by atoms with Gasteiger partial charge < -0.3 is 52.1 Å². The molecule has 0 saturated heterocycles. The fourth-order valence-electron chi connectivity index (χ4n) is 2.60. The first-order valence-corrected chi connectivity index (χ1v) is 13.8. The first-order valence-electron chi connectivity index (χ1n) is 13.8. The van der Waals surface area contributed by atoms with Crippen LogP contribution in [0, 0.1) is 0 Å². The average Bonchev–Trinajstić information content (AvgIpc) is 2.93. The average molecular weight is 561 g/mol. The van der Waals surface area contributed by atoms with Gasteiger partial charge in [0.1, 0.15) is 6.67 Å². The van der Waals surface area contributed by atoms with E-state index in [0.717, 1.165) is 19.4 Å². The highest BCUT2D eigenvalue weighted by atomic mass is 19.1. The van der Waals surface area contributed by atoms with Gasteiger partial charge >= 0.3 is 0 Å². The van der Waals surface area contributed by atoms with Crippen LogP contribution in [-0.2, 0) is 52.1 Å². The molecule has 0 bridgehead atoms. The molecule has 11 nitrogen and oxygen atoms in total. The molecule has 0 radical (unpaired) electrons. The van der Waals surface area contributed by atoms with Crippen LogP contribution in [0.15, 0.2) is 0 Å². The molecule has 0 saturated carbocycles. The summed E-state index contributed by atoms with van der Waals surface area (Å²) in [6, 6.07) is 0. The van der Waals surface area contributed by atoms with E-state index < -0.39 is 6.67 Å². The van der Waals surface area contributed by atoms with Crippen LogP contribution in [0.1, 0.15) is 19.8 Å². The normalized spacial score (nSPS) is 11.5. The Morgan fingerprint density at radius 3 is 0.658 bits per heavy atom. The minimum Gasteiger partial charge on any atom is -0.379 e. The van der Waals surface area contributed by atoms with Gasteiger partial charge in [0.15, 0.2) is 0 Å². The molecule has 0 aliphatic carbocycles. The molecule has 230 valence electrons. The second kappa shape index (κ2) is 36.5. The maximum Gasteiger partial charge on any atom is 0.113 e. The Labute approximate surface area is 228 Å². The number of hydrogen-bond acceptors (Lipinski definition) is 11. The van der Waals surface area contributed by atoms with Crippen molar-refractivity contribution in [2.24, 2.45) is 0 Å². The predicted molar refractivity (Wildman–Crippen MR) is 140 cm³/mol. The lowest BCUT2D eigenvalue weighted by molar-refractivity contribution is -0.0276. The van der Waals surface area contributed by atoms with Crippen LogP contribution in [0.2, 0.25) is 0 Å². The summed E-state index contributed by atoms with van der Waals surface area (Å²) in [6.07, 6.45) is 2.24. The Morgan fingerprint density at radius 1 is 0.289 bits per heavy atom. The first-order chi connectivity index (χ1) is 18.9. The van der Waals surface area contributed by atoms with Gasteiger partial charge in [0.2, 0.25) is 0 Å². The molecule has 0 fully saturated rings. The molecule has 12 heteroatoms. The minimum absolute atomic E-state index is 0.116. The lowest BCUT2D eigenvalue weighted by Crippen LogP contribution is -2.15. The summed E-state index contributed by atoms with van der Waals surface area (Å²) < 4.78 is 70.9. The van der Waals surface area contributed by atoms with Crippen molar-refractivity contribution in [3.05, 3.63) is 0 Å². The second-order valence-corrected chi connectivity index (χ2v) is 7.78. The molecule has 0 spiro atoms. The molecule has 0 heterocycles. The smallest absolute Gasteiger partial charge is 0.113 e. The molecular weight excluding hydrogens is 507 g/mol. The SMILES string of the molecule is CCCCOCCOCCOCCOCCOCCOCCOCCOCCOCCOCCOCCF. The van der Waals surface area contributed by atoms with Crippen molar-refractivity contribution in [1.82, 2.24) is 0 Å². The van der Waals surface area contributed by atoms with Crippen molar-refractivity contribution in [3.8, 4) is 0 Å². The van der Waals surface area contributed by atoms with E-state index in [9.17, 15) is 4.39 Å². The number of alkyl halides is 1. The molecule has 0 aliphatic rings. The third kappa shape index (κ3) is 35.5. The highest BCUT2D eigenvalue weighted by molar-refractivity contribution is 4.39. The molecule has 0 rings (SSSR count). The van der Waals surface area contributed by atoms with Gasteiger partial charge in [0, 0.05) is 6.61 Å². The highest BCUT2D eigenvalue weighted by Gasteiger charge is 1.96. The van der Waals surface area contributed by atoms with Crippen LogP contribution in [0.25, 0.3) is 0 Å². The fraction of sp³-hybridized carbons (Fsp3) is 1.00. The lowest BCUT2D eigenvalue weighted by Gasteiger charge is -2.09. The maximum atomic E-state index is 11.8. The van der Waals surface area contributed by atoms with Crippen LogP contribution in [0.4, 0.5) is 4.39 Å². The molecule has 0 aliphatic heterocycles. The van der Waals surface area contributed by atoms with Crippen molar-refractivity contribution < 1.29 is 56.5 Å². The standard InChI is InChI=1S/C26H53FO11/c1-2-3-5-28-7-9-30-11-13-32-15-17-34-19-21-36-23-25-38-26-24-37-22-20-35-18-16-33-14-12-31-10-8-29-6-4-27/h2-26H2,1H3. The first kappa shape index (κ1) is 37.5. The van der Waals surface area contributed by atoms with Gasteiger partial charge in [0.05, 0.1) is 139 Å². The quantitative estimate of drug-likeness (QED) is 0.106. The summed E-state index contributed by atoms with van der Waals surface area (Å²) in [5, 5.41) is 0. The molecular formula is C26H53FO11. The van der Waals surface area contributed by atoms with E-state index in [2.05, 4.69) is 6.92 Å². The zero-order valence-electron chi connectivity index (χ0n) is 23.5. The molecule has 0 amide bonds. The lowest BCUT2D eigenvalue weighted by atomic mass is 10.4. The van der Waals surface area contributed by atoms with Crippen LogP contribution in [0.5, 0.6) is 0 Å². The van der Waals surface area contributed by atoms with Gasteiger partial charge in [-0.05, 0) is 6.42 Å². The summed E-state index contributed by atoms with van der Waals surface area (Å²) in [6.45, 7) is 12.9. The van der Waals surface area contributed by atoms with E-state index in [-0.39, 0.29) is 6.61 Å². The Balaban J connectivity index is 3.01. The molecule has 0 unspecified atom stereocenters. The summed E-state index contributed by atoms with van der Waals surface area (Å²) >= 11 is 0. The van der Waals surface area contributed by atoms with Crippen molar-refractivity contribution >= 4 is 0 Å². The zero-order chi connectivity index (χ0) is 27.5. The van der Waals surface area contributed by atoms with Gasteiger partial charge in [-0.25, -0.2) is 4.39 Å². The van der Waals surface area contributed by atoms with Crippen LogP contribution in [0.3, 0.4) is 0 Å². The third-order valence-electron chi connectivity index (χ3n) is 4.58. The van der Waals surface area contributed by atoms with Gasteiger partial charge in [0.25, 0.3) is 0 Å². The van der Waals surface area contributed by atoms with E-state index in [4.69, 9.17) is 52.1 Å². The number of halogens is 1. The van der Waals surface area contributed by atoms with Gasteiger partial charge in [-0.15, -0.1) is 0 Å². The van der Waals surface area contributed by atoms with Crippen LogP contribution < -0.4 is 0 Å². The summed E-state index contributed by atoms with van der Waals surface area (Å²) in [7, 11) is 0. The number of unbranched alkanes of at least 4 members (excludes halogenated alkanes) is 1. The van der Waals surface area contributed by atoms with Crippen LogP contribution >= 0.6 is 0 Å². The second-order valence-electron chi connectivity index (χ2n) is 7.78. The fourth-order valence-corrected chi connectivity index (χ4v) is 2.60. The summed E-state index contributed by atoms with van der Waals surface area (Å²) in [4.78, 5) is 0. The third-order valence-corrected chi connectivity index (χ3v) is 4.58. The molecule has 0 N–H and O–H groups in total. The zero-order valence-corrected chi connectivity index (χ0v) is 23.5. The van der Waals surface area contributed by atoms with E-state index in [1.165, 1.54) is 0 Å². The number of rotatable bonds is 35. The maximum absolute atomic E-state index is 11.8.